The number of imidazole rings is 1. The van der Waals surface area contributed by atoms with Crippen LogP contribution in [0.5, 0.6) is 0 Å². The number of aliphatic hydroxyl groups is 1. The molecule has 1 amide bonds. The van der Waals surface area contributed by atoms with Gasteiger partial charge in [0.15, 0.2) is 5.65 Å². The predicted octanol–water partition coefficient (Wildman–Crippen LogP) is 2.68. The number of likely N-dealkylation sites (N-methyl/N-ethyl adjacent to an activating group) is 1. The summed E-state index contributed by atoms with van der Waals surface area (Å²) in [5, 5.41) is 11.2. The van der Waals surface area contributed by atoms with Crippen LogP contribution in [0.25, 0.3) is 11.2 Å². The first-order chi connectivity index (χ1) is 14.3. The van der Waals surface area contributed by atoms with E-state index in [1.807, 2.05) is 49.0 Å². The normalized spacial score (nSPS) is 22.2. The standard InChI is InChI=1S/C23H29N5O2/c1-16(2)28-15-25-19-12-17(13-24-21(19)28)22(30)27-11-10-23(26(3)4,20(29)14-27)18-8-6-5-7-9-18/h5-9,12-13,15-16,20,29H,10-11,14H2,1-4H3/t20-,23+/m0/s1. The molecule has 1 aliphatic rings. The summed E-state index contributed by atoms with van der Waals surface area (Å²) in [7, 11) is 3.97. The van der Waals surface area contributed by atoms with E-state index in [9.17, 15) is 9.90 Å². The summed E-state index contributed by atoms with van der Waals surface area (Å²) in [6.45, 7) is 4.97. The highest BCUT2D eigenvalue weighted by atomic mass is 16.3. The molecule has 0 saturated carbocycles. The average molecular weight is 408 g/mol. The molecule has 1 aromatic carbocycles. The SMILES string of the molecule is CC(C)n1cnc2cc(C(=O)N3CC[C@](c4ccccc4)(N(C)C)[C@@H](O)C3)cnc21. The second-order valence-electron chi connectivity index (χ2n) is 8.51. The van der Waals surface area contributed by atoms with E-state index in [0.717, 1.165) is 11.2 Å². The van der Waals surface area contributed by atoms with Gasteiger partial charge >= 0.3 is 0 Å². The van der Waals surface area contributed by atoms with Crippen molar-refractivity contribution >= 4 is 17.1 Å². The average Bonchev–Trinajstić information content (AvgIpc) is 3.17. The van der Waals surface area contributed by atoms with Crippen LogP contribution in [0, 0.1) is 0 Å². The molecule has 7 nitrogen and oxygen atoms in total. The molecule has 7 heteroatoms. The van der Waals surface area contributed by atoms with Crippen molar-refractivity contribution in [2.75, 3.05) is 27.2 Å². The maximum Gasteiger partial charge on any atom is 0.255 e. The minimum absolute atomic E-state index is 0.122. The summed E-state index contributed by atoms with van der Waals surface area (Å²) < 4.78 is 1.99. The number of nitrogens with zero attached hydrogens (tertiary/aromatic N) is 5. The van der Waals surface area contributed by atoms with Gasteiger partial charge in [0.05, 0.1) is 23.5 Å². The van der Waals surface area contributed by atoms with Gasteiger partial charge in [-0.2, -0.15) is 0 Å². The zero-order chi connectivity index (χ0) is 21.5. The fourth-order valence-corrected chi connectivity index (χ4v) is 4.55. The number of carbonyl (C=O) groups is 1. The van der Waals surface area contributed by atoms with E-state index < -0.39 is 11.6 Å². The molecule has 158 valence electrons. The molecule has 0 radical (unpaired) electrons. The number of hydrogen-bond acceptors (Lipinski definition) is 5. The lowest BCUT2D eigenvalue weighted by Crippen LogP contribution is -2.60. The first kappa shape index (κ1) is 20.5. The molecule has 3 aromatic rings. The van der Waals surface area contributed by atoms with Crippen molar-refractivity contribution < 1.29 is 9.90 Å². The summed E-state index contributed by atoms with van der Waals surface area (Å²) >= 11 is 0. The maximum absolute atomic E-state index is 13.2. The van der Waals surface area contributed by atoms with E-state index in [1.165, 1.54) is 0 Å². The van der Waals surface area contributed by atoms with Crippen LogP contribution in [0.2, 0.25) is 0 Å². The number of rotatable bonds is 4. The van der Waals surface area contributed by atoms with Gasteiger partial charge < -0.3 is 14.6 Å². The lowest BCUT2D eigenvalue weighted by atomic mass is 9.77. The Hall–Kier alpha value is -2.77. The van der Waals surface area contributed by atoms with Crippen molar-refractivity contribution in [1.82, 2.24) is 24.3 Å². The third kappa shape index (κ3) is 3.28. The van der Waals surface area contributed by atoms with Gasteiger partial charge in [0.25, 0.3) is 5.91 Å². The highest BCUT2D eigenvalue weighted by molar-refractivity contribution is 5.96. The molecule has 0 bridgehead atoms. The molecule has 0 aliphatic carbocycles. The van der Waals surface area contributed by atoms with Crippen LogP contribution in [0.1, 0.15) is 42.2 Å². The zero-order valence-corrected chi connectivity index (χ0v) is 18.0. The third-order valence-electron chi connectivity index (χ3n) is 6.28. The Morgan fingerprint density at radius 1 is 1.23 bits per heavy atom. The molecule has 0 spiro atoms. The molecule has 1 N–H and O–H groups in total. The van der Waals surface area contributed by atoms with Gasteiger partial charge in [-0.3, -0.25) is 9.69 Å². The number of carbonyl (C=O) groups excluding carboxylic acids is 1. The van der Waals surface area contributed by atoms with Crippen molar-refractivity contribution in [3.63, 3.8) is 0 Å². The molecular formula is C23H29N5O2. The van der Waals surface area contributed by atoms with Crippen molar-refractivity contribution in [3.05, 3.63) is 60.0 Å². The number of β-amino-alcohol motifs (C(OH)–C–C–N with tert-alkyl or cyclic N) is 1. The highest BCUT2D eigenvalue weighted by Crippen LogP contribution is 2.38. The quantitative estimate of drug-likeness (QED) is 0.720. The van der Waals surface area contributed by atoms with Gasteiger partial charge in [0.1, 0.15) is 5.52 Å². The first-order valence-electron chi connectivity index (χ1n) is 10.4. The molecule has 30 heavy (non-hydrogen) atoms. The molecule has 4 rings (SSSR count). The second-order valence-corrected chi connectivity index (χ2v) is 8.51. The van der Waals surface area contributed by atoms with E-state index in [4.69, 9.17) is 0 Å². The van der Waals surface area contributed by atoms with Gasteiger partial charge in [0, 0.05) is 25.3 Å². The minimum atomic E-state index is -0.704. The second kappa shape index (κ2) is 7.81. The van der Waals surface area contributed by atoms with Crippen molar-refractivity contribution in [2.24, 2.45) is 0 Å². The van der Waals surface area contributed by atoms with Gasteiger partial charge in [-0.25, -0.2) is 9.97 Å². The van der Waals surface area contributed by atoms with Crippen molar-refractivity contribution in [1.29, 1.82) is 0 Å². The number of piperidine rings is 1. The highest BCUT2D eigenvalue weighted by Gasteiger charge is 2.46. The lowest BCUT2D eigenvalue weighted by Gasteiger charge is -2.49. The number of hydrogen-bond donors (Lipinski definition) is 1. The van der Waals surface area contributed by atoms with Crippen LogP contribution in [-0.2, 0) is 5.54 Å². The van der Waals surface area contributed by atoms with E-state index in [0.29, 0.717) is 24.0 Å². The number of likely N-dealkylation sites (tertiary alicyclic amines) is 1. The Balaban J connectivity index is 1.58. The lowest BCUT2D eigenvalue weighted by molar-refractivity contribution is -0.0612. The topological polar surface area (TPSA) is 74.5 Å². The van der Waals surface area contributed by atoms with Gasteiger partial charge in [-0.15, -0.1) is 0 Å². The molecule has 0 unspecified atom stereocenters. The van der Waals surface area contributed by atoms with E-state index in [1.54, 1.807) is 23.5 Å². The van der Waals surface area contributed by atoms with Gasteiger partial charge in [-0.1, -0.05) is 30.3 Å². The summed E-state index contributed by atoms with van der Waals surface area (Å²) in [4.78, 5) is 25.9. The predicted molar refractivity (Wildman–Crippen MR) is 116 cm³/mol. The zero-order valence-electron chi connectivity index (χ0n) is 18.0. The van der Waals surface area contributed by atoms with Crippen LogP contribution in [0.3, 0.4) is 0 Å². The van der Waals surface area contributed by atoms with Crippen LogP contribution < -0.4 is 0 Å². The molecular weight excluding hydrogens is 378 g/mol. The summed E-state index contributed by atoms with van der Waals surface area (Å²) in [6.07, 6.45) is 3.31. The van der Waals surface area contributed by atoms with E-state index in [2.05, 4.69) is 28.7 Å². The minimum Gasteiger partial charge on any atom is -0.389 e. The number of amides is 1. The first-order valence-corrected chi connectivity index (χ1v) is 10.4. The number of benzene rings is 1. The van der Waals surface area contributed by atoms with Gasteiger partial charge in [-0.05, 0) is 46.0 Å². The molecule has 2 aromatic heterocycles. The van der Waals surface area contributed by atoms with E-state index in [-0.39, 0.29) is 18.5 Å². The third-order valence-corrected chi connectivity index (χ3v) is 6.28. The summed E-state index contributed by atoms with van der Waals surface area (Å²) in [6, 6.07) is 12.1. The maximum atomic E-state index is 13.2. The Bertz CT molecular complexity index is 1050. The number of pyridine rings is 1. The molecule has 1 aliphatic heterocycles. The molecule has 1 fully saturated rings. The van der Waals surface area contributed by atoms with Crippen LogP contribution in [-0.4, -0.2) is 68.6 Å². The summed E-state index contributed by atoms with van der Waals surface area (Å²) in [5.74, 6) is -0.122. The van der Waals surface area contributed by atoms with Crippen molar-refractivity contribution in [2.45, 2.75) is 38.0 Å². The van der Waals surface area contributed by atoms with Crippen LogP contribution in [0.15, 0.2) is 48.9 Å². The largest absolute Gasteiger partial charge is 0.389 e. The van der Waals surface area contributed by atoms with Crippen LogP contribution >= 0.6 is 0 Å². The smallest absolute Gasteiger partial charge is 0.255 e. The molecule has 3 heterocycles. The van der Waals surface area contributed by atoms with Crippen molar-refractivity contribution in [3.8, 4) is 0 Å². The Kier molecular flexibility index (Phi) is 5.34. The molecule has 1 saturated heterocycles. The fourth-order valence-electron chi connectivity index (χ4n) is 4.55. The number of aromatic nitrogens is 3. The van der Waals surface area contributed by atoms with E-state index >= 15 is 0 Å². The number of aliphatic hydroxyl groups excluding tert-OH is 1. The Labute approximate surface area is 177 Å². The van der Waals surface area contributed by atoms with Gasteiger partial charge in [0.2, 0.25) is 0 Å². The monoisotopic (exact) mass is 407 g/mol. The Morgan fingerprint density at radius 3 is 2.60 bits per heavy atom. The Morgan fingerprint density at radius 2 is 1.97 bits per heavy atom. The number of fused-ring (bicyclic) bond motifs is 1. The summed E-state index contributed by atoms with van der Waals surface area (Å²) in [5.41, 5.74) is 2.53. The fraction of sp³-hybridized carbons (Fsp3) is 0.435. The van der Waals surface area contributed by atoms with Crippen LogP contribution in [0.4, 0.5) is 0 Å². The molecule has 2 atom stereocenters.